The average molecular weight is 341 g/mol. The van der Waals surface area contributed by atoms with Crippen molar-refractivity contribution in [2.75, 3.05) is 11.9 Å². The zero-order valence-electron chi connectivity index (χ0n) is 14.3. The van der Waals surface area contributed by atoms with E-state index in [1.54, 1.807) is 13.0 Å². The fourth-order valence-electron chi connectivity index (χ4n) is 2.32. The summed E-state index contributed by atoms with van der Waals surface area (Å²) in [6.07, 6.45) is 1.20. The van der Waals surface area contributed by atoms with Crippen LogP contribution >= 0.6 is 0 Å². The standard InChI is InChI=1S/C18H19N3O4/c1-10(2)18-20-13-5-4-12(7-14(13)21-18)19-17(23)9-25-16-8-24-11(3)6-15(16)22/h4-8,10H,9H2,1-3H3,(H,19,23)(H,20,21). The number of carbonyl (C=O) groups is 1. The summed E-state index contributed by atoms with van der Waals surface area (Å²) < 4.78 is 10.3. The molecule has 1 aromatic carbocycles. The van der Waals surface area contributed by atoms with Crippen molar-refractivity contribution in [3.8, 4) is 5.75 Å². The quantitative estimate of drug-likeness (QED) is 0.743. The van der Waals surface area contributed by atoms with Crippen molar-refractivity contribution < 1.29 is 13.9 Å². The van der Waals surface area contributed by atoms with Crippen LogP contribution < -0.4 is 15.5 Å². The number of anilines is 1. The molecule has 0 radical (unpaired) electrons. The number of aromatic nitrogens is 2. The Labute approximate surface area is 144 Å². The molecule has 0 saturated heterocycles. The summed E-state index contributed by atoms with van der Waals surface area (Å²) in [6.45, 7) is 5.49. The molecule has 0 unspecified atom stereocenters. The van der Waals surface area contributed by atoms with Gasteiger partial charge in [0.1, 0.15) is 17.8 Å². The van der Waals surface area contributed by atoms with E-state index in [0.717, 1.165) is 16.9 Å². The molecular weight excluding hydrogens is 322 g/mol. The molecule has 3 rings (SSSR count). The van der Waals surface area contributed by atoms with Crippen LogP contribution in [0.25, 0.3) is 11.0 Å². The third-order valence-corrected chi connectivity index (χ3v) is 3.62. The Morgan fingerprint density at radius 3 is 2.88 bits per heavy atom. The van der Waals surface area contributed by atoms with Crippen LogP contribution in [0.5, 0.6) is 5.75 Å². The molecule has 7 nitrogen and oxygen atoms in total. The number of nitrogens with one attached hydrogen (secondary N) is 2. The third kappa shape index (κ3) is 3.88. The monoisotopic (exact) mass is 341 g/mol. The molecule has 0 aliphatic rings. The van der Waals surface area contributed by atoms with Crippen molar-refractivity contribution in [2.24, 2.45) is 0 Å². The first-order chi connectivity index (χ1) is 11.9. The van der Waals surface area contributed by atoms with Crippen LogP contribution in [0.2, 0.25) is 0 Å². The van der Waals surface area contributed by atoms with E-state index < -0.39 is 0 Å². The maximum absolute atomic E-state index is 12.0. The number of rotatable bonds is 5. The number of amides is 1. The van der Waals surface area contributed by atoms with E-state index in [1.165, 1.54) is 12.3 Å². The third-order valence-electron chi connectivity index (χ3n) is 3.62. The average Bonchev–Trinajstić information content (AvgIpc) is 2.97. The predicted molar refractivity (Wildman–Crippen MR) is 94.0 cm³/mol. The first-order valence-corrected chi connectivity index (χ1v) is 7.94. The van der Waals surface area contributed by atoms with Crippen molar-refractivity contribution in [3.63, 3.8) is 0 Å². The second-order valence-electron chi connectivity index (χ2n) is 6.06. The predicted octanol–water partition coefficient (Wildman–Crippen LogP) is 2.97. The molecule has 1 amide bonds. The lowest BCUT2D eigenvalue weighted by molar-refractivity contribution is -0.118. The van der Waals surface area contributed by atoms with E-state index >= 15 is 0 Å². The molecule has 130 valence electrons. The zero-order chi connectivity index (χ0) is 18.0. The Morgan fingerprint density at radius 2 is 2.16 bits per heavy atom. The Balaban J connectivity index is 1.66. The van der Waals surface area contributed by atoms with Crippen molar-refractivity contribution in [3.05, 3.63) is 52.3 Å². The van der Waals surface area contributed by atoms with Gasteiger partial charge in [-0.05, 0) is 25.1 Å². The van der Waals surface area contributed by atoms with Gasteiger partial charge in [0.25, 0.3) is 5.91 Å². The Kier molecular flexibility index (Phi) is 4.56. The number of aromatic amines is 1. The van der Waals surface area contributed by atoms with Gasteiger partial charge in [0.2, 0.25) is 11.2 Å². The maximum Gasteiger partial charge on any atom is 0.262 e. The number of aryl methyl sites for hydroxylation is 1. The number of benzene rings is 1. The number of H-pyrrole nitrogens is 1. The summed E-state index contributed by atoms with van der Waals surface area (Å²) in [5, 5.41) is 2.73. The van der Waals surface area contributed by atoms with Crippen molar-refractivity contribution in [1.82, 2.24) is 9.97 Å². The Morgan fingerprint density at radius 1 is 1.36 bits per heavy atom. The van der Waals surface area contributed by atoms with Crippen LogP contribution in [0.3, 0.4) is 0 Å². The van der Waals surface area contributed by atoms with Gasteiger partial charge in [0.05, 0.1) is 11.0 Å². The number of hydrogen-bond acceptors (Lipinski definition) is 5. The molecule has 0 aliphatic carbocycles. The molecule has 25 heavy (non-hydrogen) atoms. The minimum absolute atomic E-state index is 0.00588. The van der Waals surface area contributed by atoms with E-state index in [9.17, 15) is 9.59 Å². The highest BCUT2D eigenvalue weighted by atomic mass is 16.5. The van der Waals surface area contributed by atoms with Gasteiger partial charge in [-0.3, -0.25) is 9.59 Å². The van der Waals surface area contributed by atoms with Crippen LogP contribution in [-0.2, 0) is 4.79 Å². The molecule has 0 aliphatic heterocycles. The second-order valence-corrected chi connectivity index (χ2v) is 6.06. The molecule has 3 aromatic rings. The van der Waals surface area contributed by atoms with Gasteiger partial charge in [-0.2, -0.15) is 0 Å². The molecular formula is C18H19N3O4. The van der Waals surface area contributed by atoms with Crippen molar-refractivity contribution >= 4 is 22.6 Å². The molecule has 0 atom stereocenters. The lowest BCUT2D eigenvalue weighted by Gasteiger charge is -2.07. The van der Waals surface area contributed by atoms with Gasteiger partial charge in [0.15, 0.2) is 6.61 Å². The summed E-state index contributed by atoms with van der Waals surface area (Å²) in [6, 6.07) is 6.73. The normalized spacial score (nSPS) is 11.0. The number of hydrogen-bond donors (Lipinski definition) is 2. The highest BCUT2D eigenvalue weighted by Crippen LogP contribution is 2.20. The fraction of sp³-hybridized carbons (Fsp3) is 0.278. The summed E-state index contributed by atoms with van der Waals surface area (Å²) >= 11 is 0. The van der Waals surface area contributed by atoms with Crippen LogP contribution in [0.1, 0.15) is 31.4 Å². The van der Waals surface area contributed by atoms with Crippen molar-refractivity contribution in [1.29, 1.82) is 0 Å². The number of nitrogens with zero attached hydrogens (tertiary/aromatic N) is 1. The minimum Gasteiger partial charge on any atom is -0.477 e. The number of carbonyl (C=O) groups excluding carboxylic acids is 1. The molecule has 2 aromatic heterocycles. The molecule has 0 saturated carbocycles. The molecule has 2 N–H and O–H groups in total. The van der Waals surface area contributed by atoms with Gasteiger partial charge in [0, 0.05) is 17.7 Å². The highest BCUT2D eigenvalue weighted by molar-refractivity contribution is 5.94. The van der Waals surface area contributed by atoms with Gasteiger partial charge in [-0.15, -0.1) is 0 Å². The molecule has 0 bridgehead atoms. The summed E-state index contributed by atoms with van der Waals surface area (Å²) in [7, 11) is 0. The largest absolute Gasteiger partial charge is 0.477 e. The summed E-state index contributed by atoms with van der Waals surface area (Å²) in [5.74, 6) is 1.30. The topological polar surface area (TPSA) is 97.2 Å². The summed E-state index contributed by atoms with van der Waals surface area (Å²) in [5.41, 5.74) is 1.99. The molecule has 0 spiro atoms. The van der Waals surface area contributed by atoms with Gasteiger partial charge >= 0.3 is 0 Å². The Bertz CT molecular complexity index is 972. The van der Waals surface area contributed by atoms with Crippen LogP contribution in [0.15, 0.2) is 39.7 Å². The first kappa shape index (κ1) is 16.8. The van der Waals surface area contributed by atoms with Crippen LogP contribution in [0, 0.1) is 6.92 Å². The van der Waals surface area contributed by atoms with E-state index in [4.69, 9.17) is 9.15 Å². The van der Waals surface area contributed by atoms with Gasteiger partial charge in [-0.1, -0.05) is 13.8 Å². The van der Waals surface area contributed by atoms with Crippen molar-refractivity contribution in [2.45, 2.75) is 26.7 Å². The second kappa shape index (κ2) is 6.80. The Hall–Kier alpha value is -3.09. The fourth-order valence-corrected chi connectivity index (χ4v) is 2.32. The van der Waals surface area contributed by atoms with Gasteiger partial charge < -0.3 is 19.5 Å². The zero-order valence-corrected chi connectivity index (χ0v) is 14.3. The SMILES string of the molecule is Cc1cc(=O)c(OCC(=O)Nc2ccc3nc(C(C)C)[nH]c3c2)co1. The lowest BCUT2D eigenvalue weighted by atomic mass is 10.2. The number of imidazole rings is 1. The van der Waals surface area contributed by atoms with Gasteiger partial charge in [-0.25, -0.2) is 4.98 Å². The summed E-state index contributed by atoms with van der Waals surface area (Å²) in [4.78, 5) is 31.4. The molecule has 7 heteroatoms. The van der Waals surface area contributed by atoms with Crippen LogP contribution in [0.4, 0.5) is 5.69 Å². The maximum atomic E-state index is 12.0. The minimum atomic E-state index is -0.372. The smallest absolute Gasteiger partial charge is 0.262 e. The number of fused-ring (bicyclic) bond motifs is 1. The van der Waals surface area contributed by atoms with E-state index in [2.05, 4.69) is 29.1 Å². The highest BCUT2D eigenvalue weighted by Gasteiger charge is 2.10. The van der Waals surface area contributed by atoms with E-state index in [-0.39, 0.29) is 23.7 Å². The number of ether oxygens (including phenoxy) is 1. The first-order valence-electron chi connectivity index (χ1n) is 7.94. The molecule has 0 fully saturated rings. The van der Waals surface area contributed by atoms with Crippen LogP contribution in [-0.4, -0.2) is 22.5 Å². The lowest BCUT2D eigenvalue weighted by Crippen LogP contribution is -2.22. The molecule has 2 heterocycles. The van der Waals surface area contributed by atoms with E-state index in [0.29, 0.717) is 17.4 Å². The van der Waals surface area contributed by atoms with E-state index in [1.807, 2.05) is 12.1 Å².